The van der Waals surface area contributed by atoms with Crippen molar-refractivity contribution in [3.05, 3.63) is 0 Å². The Morgan fingerprint density at radius 1 is 1.17 bits per heavy atom. The molecule has 1 heterocycles. The van der Waals surface area contributed by atoms with Crippen LogP contribution in [-0.4, -0.2) is 34.7 Å². The zero-order valence-electron chi connectivity index (χ0n) is 12.1. The topological polar surface area (TPSA) is 31.0 Å². The van der Waals surface area contributed by atoms with Gasteiger partial charge in [0.15, 0.2) is 0 Å². The lowest BCUT2D eigenvalue weighted by molar-refractivity contribution is 0.201. The van der Waals surface area contributed by atoms with Gasteiger partial charge in [-0.2, -0.15) is 0 Å². The number of fused-ring (bicyclic) bond motifs is 1. The van der Waals surface area contributed by atoms with E-state index in [0.29, 0.717) is 17.7 Å². The number of rotatable bonds is 8. The van der Waals surface area contributed by atoms with E-state index in [2.05, 4.69) is 20.8 Å². The first-order valence-electron chi connectivity index (χ1n) is 7.63. The van der Waals surface area contributed by atoms with Gasteiger partial charge in [0.1, 0.15) is 0 Å². The SMILES string of the molecule is CCO[SiH](OCC)C(C)CCC1CCC2OC2C1. The maximum Gasteiger partial charge on any atom is 0.324 e. The molecular weight excluding hydrogens is 244 g/mol. The molecule has 0 amide bonds. The summed E-state index contributed by atoms with van der Waals surface area (Å²) in [4.78, 5) is 0. The predicted octanol–water partition coefficient (Wildman–Crippen LogP) is 3.02. The second-order valence-corrected chi connectivity index (χ2v) is 8.27. The summed E-state index contributed by atoms with van der Waals surface area (Å²) in [6.07, 6.45) is 7.80. The molecule has 4 heteroatoms. The molecule has 18 heavy (non-hydrogen) atoms. The molecule has 0 aromatic carbocycles. The van der Waals surface area contributed by atoms with Gasteiger partial charge in [0.25, 0.3) is 0 Å². The summed E-state index contributed by atoms with van der Waals surface area (Å²) in [7, 11) is -1.44. The number of hydrogen-bond acceptors (Lipinski definition) is 3. The highest BCUT2D eigenvalue weighted by molar-refractivity contribution is 6.46. The van der Waals surface area contributed by atoms with Crippen LogP contribution in [0.2, 0.25) is 5.54 Å². The fourth-order valence-electron chi connectivity index (χ4n) is 3.09. The van der Waals surface area contributed by atoms with Gasteiger partial charge in [-0.15, -0.1) is 0 Å². The normalized spacial score (nSPS) is 32.3. The van der Waals surface area contributed by atoms with E-state index in [9.17, 15) is 0 Å². The lowest BCUT2D eigenvalue weighted by atomic mass is 9.86. The fraction of sp³-hybridized carbons (Fsp3) is 1.00. The molecule has 2 fully saturated rings. The second-order valence-electron chi connectivity index (χ2n) is 5.73. The van der Waals surface area contributed by atoms with E-state index in [4.69, 9.17) is 13.6 Å². The van der Waals surface area contributed by atoms with Crippen molar-refractivity contribution >= 4 is 9.28 Å². The van der Waals surface area contributed by atoms with Gasteiger partial charge >= 0.3 is 9.28 Å². The molecule has 1 aliphatic carbocycles. The van der Waals surface area contributed by atoms with Gasteiger partial charge in [0, 0.05) is 13.2 Å². The zero-order chi connectivity index (χ0) is 13.0. The van der Waals surface area contributed by atoms with Crippen molar-refractivity contribution < 1.29 is 13.6 Å². The first-order chi connectivity index (χ1) is 8.74. The summed E-state index contributed by atoms with van der Waals surface area (Å²) in [5, 5.41) is 0. The second kappa shape index (κ2) is 7.03. The predicted molar refractivity (Wildman–Crippen MR) is 75.1 cm³/mol. The maximum absolute atomic E-state index is 5.81. The summed E-state index contributed by atoms with van der Waals surface area (Å²) in [5.74, 6) is 0.883. The molecule has 1 saturated heterocycles. The largest absolute Gasteiger partial charge is 0.397 e. The van der Waals surface area contributed by atoms with Crippen molar-refractivity contribution in [2.75, 3.05) is 13.2 Å². The molecule has 2 aliphatic rings. The molecule has 0 aromatic rings. The summed E-state index contributed by atoms with van der Waals surface area (Å²) in [6.45, 7) is 8.03. The lowest BCUT2D eigenvalue weighted by Gasteiger charge is -2.24. The molecule has 0 radical (unpaired) electrons. The van der Waals surface area contributed by atoms with Crippen molar-refractivity contribution in [3.63, 3.8) is 0 Å². The van der Waals surface area contributed by atoms with Gasteiger partial charge < -0.3 is 13.6 Å². The van der Waals surface area contributed by atoms with Crippen molar-refractivity contribution in [3.8, 4) is 0 Å². The van der Waals surface area contributed by atoms with Gasteiger partial charge in [-0.1, -0.05) is 13.3 Å². The van der Waals surface area contributed by atoms with Gasteiger partial charge in [-0.05, 0) is 51.0 Å². The highest BCUT2D eigenvalue weighted by Gasteiger charge is 2.43. The van der Waals surface area contributed by atoms with E-state index in [1.165, 1.54) is 32.1 Å². The molecule has 106 valence electrons. The molecule has 0 N–H and O–H groups in total. The van der Waals surface area contributed by atoms with Crippen LogP contribution >= 0.6 is 0 Å². The first kappa shape index (κ1) is 14.5. The van der Waals surface area contributed by atoms with E-state index >= 15 is 0 Å². The molecule has 4 atom stereocenters. The van der Waals surface area contributed by atoms with Gasteiger partial charge in [-0.3, -0.25) is 0 Å². The molecule has 1 aliphatic heterocycles. The Hall–Kier alpha value is 0.0969. The van der Waals surface area contributed by atoms with Crippen LogP contribution in [0.1, 0.15) is 52.9 Å². The minimum absolute atomic E-state index is 0.617. The Kier molecular flexibility index (Phi) is 5.67. The van der Waals surface area contributed by atoms with Gasteiger partial charge in [0.05, 0.1) is 12.2 Å². The van der Waals surface area contributed by atoms with Crippen LogP contribution in [0, 0.1) is 5.92 Å². The maximum atomic E-state index is 5.81. The Labute approximate surface area is 113 Å². The Morgan fingerprint density at radius 3 is 2.50 bits per heavy atom. The Balaban J connectivity index is 1.66. The van der Waals surface area contributed by atoms with Crippen LogP contribution in [-0.2, 0) is 13.6 Å². The summed E-state index contributed by atoms with van der Waals surface area (Å²) in [6, 6.07) is 0. The zero-order valence-corrected chi connectivity index (χ0v) is 13.2. The quantitative estimate of drug-likeness (QED) is 0.503. The van der Waals surface area contributed by atoms with E-state index in [-0.39, 0.29) is 0 Å². The third kappa shape index (κ3) is 4.05. The van der Waals surface area contributed by atoms with Crippen molar-refractivity contribution in [1.29, 1.82) is 0 Å². The van der Waals surface area contributed by atoms with Crippen LogP contribution in [0.15, 0.2) is 0 Å². The minimum atomic E-state index is -1.44. The molecule has 4 unspecified atom stereocenters. The van der Waals surface area contributed by atoms with Crippen molar-refractivity contribution in [2.24, 2.45) is 5.92 Å². The molecular formula is C14H28O3Si. The first-order valence-corrected chi connectivity index (χ1v) is 9.24. The lowest BCUT2D eigenvalue weighted by Crippen LogP contribution is -2.28. The highest BCUT2D eigenvalue weighted by atomic mass is 28.3. The van der Waals surface area contributed by atoms with E-state index in [0.717, 1.165) is 19.1 Å². The molecule has 1 saturated carbocycles. The summed E-state index contributed by atoms with van der Waals surface area (Å²) >= 11 is 0. The van der Waals surface area contributed by atoms with Crippen LogP contribution in [0.4, 0.5) is 0 Å². The Morgan fingerprint density at radius 2 is 1.89 bits per heavy atom. The molecule has 0 bridgehead atoms. The van der Waals surface area contributed by atoms with Gasteiger partial charge in [-0.25, -0.2) is 0 Å². The third-order valence-corrected chi connectivity index (χ3v) is 6.86. The van der Waals surface area contributed by atoms with E-state index < -0.39 is 9.28 Å². The monoisotopic (exact) mass is 272 g/mol. The Bertz CT molecular complexity index is 243. The number of epoxide rings is 1. The van der Waals surface area contributed by atoms with Crippen LogP contribution in [0.5, 0.6) is 0 Å². The highest BCUT2D eigenvalue weighted by Crippen LogP contribution is 2.41. The van der Waals surface area contributed by atoms with Crippen LogP contribution in [0.25, 0.3) is 0 Å². The summed E-state index contributed by atoms with van der Waals surface area (Å²) < 4.78 is 17.2. The van der Waals surface area contributed by atoms with Crippen molar-refractivity contribution in [2.45, 2.75) is 70.6 Å². The van der Waals surface area contributed by atoms with Crippen molar-refractivity contribution in [1.82, 2.24) is 0 Å². The molecule has 3 nitrogen and oxygen atoms in total. The third-order valence-electron chi connectivity index (χ3n) is 4.27. The number of hydrogen-bond donors (Lipinski definition) is 0. The minimum Gasteiger partial charge on any atom is -0.397 e. The van der Waals surface area contributed by atoms with Crippen LogP contribution in [0.3, 0.4) is 0 Å². The van der Waals surface area contributed by atoms with E-state index in [1.807, 2.05) is 0 Å². The van der Waals surface area contributed by atoms with Gasteiger partial charge in [0.2, 0.25) is 0 Å². The standard InChI is InChI=1S/C14H28O3Si/c1-4-15-18(16-5-2)11(3)6-7-12-8-9-13-14(10-12)17-13/h11-14,18H,4-10H2,1-3H3. The average Bonchev–Trinajstić information content (AvgIpc) is 3.14. The van der Waals surface area contributed by atoms with E-state index in [1.54, 1.807) is 0 Å². The number of ether oxygens (including phenoxy) is 1. The molecule has 2 rings (SSSR count). The molecule has 0 spiro atoms. The molecule has 0 aromatic heterocycles. The smallest absolute Gasteiger partial charge is 0.324 e. The summed E-state index contributed by atoms with van der Waals surface area (Å²) in [5.41, 5.74) is 0.628. The fourth-order valence-corrected chi connectivity index (χ4v) is 4.96. The average molecular weight is 272 g/mol. The van der Waals surface area contributed by atoms with Crippen LogP contribution < -0.4 is 0 Å².